The van der Waals surface area contributed by atoms with Gasteiger partial charge in [-0.3, -0.25) is 0 Å². The van der Waals surface area contributed by atoms with E-state index in [1.165, 1.54) is 19.3 Å². The molecule has 0 bridgehead atoms. The van der Waals surface area contributed by atoms with Gasteiger partial charge in [-0.2, -0.15) is 11.8 Å². The molecular weight excluding hydrogens is 233 g/mol. The Labute approximate surface area is 107 Å². The van der Waals surface area contributed by atoms with E-state index >= 15 is 0 Å². The summed E-state index contributed by atoms with van der Waals surface area (Å²) in [6, 6.07) is 7.11. The molecule has 3 heteroatoms. The van der Waals surface area contributed by atoms with E-state index in [1.54, 1.807) is 12.1 Å². The van der Waals surface area contributed by atoms with E-state index in [4.69, 9.17) is 0 Å². The lowest BCUT2D eigenvalue weighted by molar-refractivity contribution is 0.612. The van der Waals surface area contributed by atoms with Crippen molar-refractivity contribution in [3.63, 3.8) is 0 Å². The minimum atomic E-state index is -0.0596. The van der Waals surface area contributed by atoms with Crippen LogP contribution < -0.4 is 5.32 Å². The number of hydrogen-bond donors (Lipinski definition) is 1. The molecule has 0 spiro atoms. The first-order valence-corrected chi connectivity index (χ1v) is 7.47. The fourth-order valence-electron chi connectivity index (χ4n) is 2.19. The highest BCUT2D eigenvalue weighted by molar-refractivity contribution is 7.99. The smallest absolute Gasteiger partial charge is 0.126 e. The molecule has 0 aliphatic carbocycles. The van der Waals surface area contributed by atoms with E-state index in [2.05, 4.69) is 5.32 Å². The number of thioether (sulfide) groups is 1. The summed E-state index contributed by atoms with van der Waals surface area (Å²) in [5, 5.41) is 4.18. The van der Waals surface area contributed by atoms with E-state index < -0.39 is 0 Å². The van der Waals surface area contributed by atoms with E-state index in [-0.39, 0.29) is 5.82 Å². The molecule has 1 heterocycles. The molecule has 0 amide bonds. The van der Waals surface area contributed by atoms with Crippen LogP contribution in [0.4, 0.5) is 4.39 Å². The van der Waals surface area contributed by atoms with Crippen LogP contribution in [0.5, 0.6) is 0 Å². The van der Waals surface area contributed by atoms with Crippen molar-refractivity contribution in [1.29, 1.82) is 0 Å². The van der Waals surface area contributed by atoms with Gasteiger partial charge in [-0.05, 0) is 56.2 Å². The van der Waals surface area contributed by atoms with Crippen molar-refractivity contribution in [2.45, 2.75) is 30.9 Å². The van der Waals surface area contributed by atoms with Crippen molar-refractivity contribution in [2.24, 2.45) is 0 Å². The summed E-state index contributed by atoms with van der Waals surface area (Å²) in [5.74, 6) is 0.974. The normalized spacial score (nSPS) is 21.1. The summed E-state index contributed by atoms with van der Waals surface area (Å²) < 4.78 is 13.4. The topological polar surface area (TPSA) is 12.0 Å². The van der Waals surface area contributed by atoms with Crippen molar-refractivity contribution in [1.82, 2.24) is 5.32 Å². The third kappa shape index (κ3) is 4.32. The van der Waals surface area contributed by atoms with Gasteiger partial charge in [-0.25, -0.2) is 4.39 Å². The predicted octanol–water partition coefficient (Wildman–Crippen LogP) is 3.24. The Bertz CT molecular complexity index is 335. The second-order valence-corrected chi connectivity index (χ2v) is 5.92. The van der Waals surface area contributed by atoms with E-state index in [0.29, 0.717) is 0 Å². The zero-order valence-corrected chi connectivity index (χ0v) is 10.9. The number of hydrogen-bond acceptors (Lipinski definition) is 2. The maximum Gasteiger partial charge on any atom is 0.126 e. The monoisotopic (exact) mass is 253 g/mol. The highest BCUT2D eigenvalue weighted by Crippen LogP contribution is 2.22. The Balaban J connectivity index is 1.73. The maximum atomic E-state index is 13.4. The average Bonchev–Trinajstić information content (AvgIpc) is 2.60. The van der Waals surface area contributed by atoms with Crippen molar-refractivity contribution < 1.29 is 4.39 Å². The Kier molecular flexibility index (Phi) is 5.33. The van der Waals surface area contributed by atoms with Crippen LogP contribution in [0.15, 0.2) is 24.3 Å². The predicted molar refractivity (Wildman–Crippen MR) is 73.1 cm³/mol. The number of nitrogens with one attached hydrogen (secondary N) is 1. The summed E-state index contributed by atoms with van der Waals surface area (Å²) >= 11 is 2.01. The van der Waals surface area contributed by atoms with Crippen LogP contribution >= 0.6 is 11.8 Å². The van der Waals surface area contributed by atoms with Gasteiger partial charge in [0.05, 0.1) is 0 Å². The Hall–Kier alpha value is -0.540. The first-order valence-electron chi connectivity index (χ1n) is 6.42. The standard InChI is InChI=1S/C14H20FNS/c15-14-6-2-1-4-12(14)8-11-17-13-5-3-9-16-10-7-13/h1-2,4,6,13,16H,3,5,7-11H2. The lowest BCUT2D eigenvalue weighted by Gasteiger charge is -2.13. The van der Waals surface area contributed by atoms with Crippen LogP contribution in [0.25, 0.3) is 0 Å². The summed E-state index contributed by atoms with van der Waals surface area (Å²) in [7, 11) is 0. The van der Waals surface area contributed by atoms with Gasteiger partial charge in [0.2, 0.25) is 0 Å². The molecule has 1 nitrogen and oxygen atoms in total. The summed E-state index contributed by atoms with van der Waals surface area (Å²) in [5.41, 5.74) is 0.853. The minimum Gasteiger partial charge on any atom is -0.317 e. The van der Waals surface area contributed by atoms with Gasteiger partial charge in [0.15, 0.2) is 0 Å². The molecule has 1 saturated heterocycles. The third-order valence-corrected chi connectivity index (χ3v) is 4.59. The molecule has 1 aromatic carbocycles. The van der Waals surface area contributed by atoms with Gasteiger partial charge >= 0.3 is 0 Å². The maximum absolute atomic E-state index is 13.4. The van der Waals surface area contributed by atoms with Gasteiger partial charge in [-0.15, -0.1) is 0 Å². The first kappa shape index (κ1) is 12.9. The second-order valence-electron chi connectivity index (χ2n) is 4.52. The molecule has 1 fully saturated rings. The zero-order chi connectivity index (χ0) is 11.9. The fraction of sp³-hybridized carbons (Fsp3) is 0.571. The molecule has 0 aromatic heterocycles. The zero-order valence-electron chi connectivity index (χ0n) is 10.1. The van der Waals surface area contributed by atoms with Gasteiger partial charge in [0.25, 0.3) is 0 Å². The van der Waals surface area contributed by atoms with Crippen LogP contribution in [-0.2, 0) is 6.42 Å². The highest BCUT2D eigenvalue weighted by Gasteiger charge is 2.12. The Morgan fingerprint density at radius 2 is 2.12 bits per heavy atom. The molecule has 0 saturated carbocycles. The number of aryl methyl sites for hydroxylation is 1. The second kappa shape index (κ2) is 7.02. The van der Waals surface area contributed by atoms with Crippen LogP contribution in [0, 0.1) is 5.82 Å². The molecule has 1 aliphatic heterocycles. The lowest BCUT2D eigenvalue weighted by atomic mass is 10.2. The van der Waals surface area contributed by atoms with E-state index in [0.717, 1.165) is 36.1 Å². The van der Waals surface area contributed by atoms with E-state index in [9.17, 15) is 4.39 Å². The minimum absolute atomic E-state index is 0.0596. The summed E-state index contributed by atoms with van der Waals surface area (Å²) in [6.45, 7) is 2.29. The van der Waals surface area contributed by atoms with Crippen LogP contribution in [0.3, 0.4) is 0 Å². The van der Waals surface area contributed by atoms with Crippen molar-refractivity contribution >= 4 is 11.8 Å². The molecule has 94 valence electrons. The molecule has 1 unspecified atom stereocenters. The molecule has 1 aromatic rings. The molecule has 1 N–H and O–H groups in total. The van der Waals surface area contributed by atoms with E-state index in [1.807, 2.05) is 23.9 Å². The summed E-state index contributed by atoms with van der Waals surface area (Å²) in [4.78, 5) is 0. The van der Waals surface area contributed by atoms with Crippen molar-refractivity contribution in [3.8, 4) is 0 Å². The Morgan fingerprint density at radius 3 is 3.00 bits per heavy atom. The van der Waals surface area contributed by atoms with Crippen LogP contribution in [0.2, 0.25) is 0 Å². The molecular formula is C14H20FNS. The van der Waals surface area contributed by atoms with Crippen molar-refractivity contribution in [3.05, 3.63) is 35.6 Å². The summed E-state index contributed by atoms with van der Waals surface area (Å²) in [6.07, 6.45) is 4.68. The first-order chi connectivity index (χ1) is 8.36. The lowest BCUT2D eigenvalue weighted by Crippen LogP contribution is -2.14. The fourth-order valence-corrected chi connectivity index (χ4v) is 3.48. The largest absolute Gasteiger partial charge is 0.317 e. The quantitative estimate of drug-likeness (QED) is 0.884. The van der Waals surface area contributed by atoms with Crippen molar-refractivity contribution in [2.75, 3.05) is 18.8 Å². The average molecular weight is 253 g/mol. The molecule has 0 radical (unpaired) electrons. The Morgan fingerprint density at radius 1 is 1.24 bits per heavy atom. The van der Waals surface area contributed by atoms with Gasteiger partial charge in [0, 0.05) is 5.25 Å². The number of rotatable bonds is 4. The van der Waals surface area contributed by atoms with Gasteiger partial charge in [-0.1, -0.05) is 18.2 Å². The molecule has 17 heavy (non-hydrogen) atoms. The highest BCUT2D eigenvalue weighted by atomic mass is 32.2. The third-order valence-electron chi connectivity index (χ3n) is 3.21. The van der Waals surface area contributed by atoms with Gasteiger partial charge < -0.3 is 5.32 Å². The molecule has 1 atom stereocenters. The SMILES string of the molecule is Fc1ccccc1CCSC1CCCNCC1. The number of halogens is 1. The number of benzene rings is 1. The molecule has 2 rings (SSSR count). The van der Waals surface area contributed by atoms with Crippen LogP contribution in [-0.4, -0.2) is 24.1 Å². The van der Waals surface area contributed by atoms with Crippen LogP contribution in [0.1, 0.15) is 24.8 Å². The van der Waals surface area contributed by atoms with Gasteiger partial charge in [0.1, 0.15) is 5.82 Å². The molecule has 1 aliphatic rings.